The zero-order valence-corrected chi connectivity index (χ0v) is 16.4. The first-order valence-corrected chi connectivity index (χ1v) is 9.39. The molecule has 0 bridgehead atoms. The van der Waals surface area contributed by atoms with Gasteiger partial charge >= 0.3 is 0 Å². The van der Waals surface area contributed by atoms with Crippen molar-refractivity contribution < 1.29 is 0 Å². The summed E-state index contributed by atoms with van der Waals surface area (Å²) in [7, 11) is 0. The number of hydrogen-bond acceptors (Lipinski definition) is 5. The number of hydrogen-bond donors (Lipinski definition) is 1. The summed E-state index contributed by atoms with van der Waals surface area (Å²) in [5.74, 6) is 0.593. The van der Waals surface area contributed by atoms with E-state index in [-0.39, 0.29) is 6.04 Å². The number of aryl methyl sites for hydroxylation is 1. The molecule has 0 spiro atoms. The van der Waals surface area contributed by atoms with Crippen molar-refractivity contribution in [1.82, 2.24) is 15.1 Å². The molecule has 1 aliphatic rings. The number of nitriles is 1. The minimum Gasteiger partial charge on any atom is -0.365 e. The normalized spacial score (nSPS) is 15.7. The van der Waals surface area contributed by atoms with E-state index in [4.69, 9.17) is 23.2 Å². The molecule has 1 N–H and O–H groups in total. The van der Waals surface area contributed by atoms with Crippen molar-refractivity contribution >= 4 is 29.0 Å². The minimum atomic E-state index is 0.290. The molecule has 1 fully saturated rings. The maximum atomic E-state index is 9.42. The summed E-state index contributed by atoms with van der Waals surface area (Å²) in [4.78, 5) is 2.39. The van der Waals surface area contributed by atoms with Gasteiger partial charge in [-0.1, -0.05) is 23.2 Å². The summed E-state index contributed by atoms with van der Waals surface area (Å²) >= 11 is 12.2. The smallest absolute Gasteiger partial charge is 0.167 e. The number of benzene rings is 1. The number of rotatable bonds is 4. The van der Waals surface area contributed by atoms with Crippen LogP contribution in [0.4, 0.5) is 5.82 Å². The van der Waals surface area contributed by atoms with E-state index in [0.717, 1.165) is 49.3 Å². The average Bonchev–Trinajstić information content (AvgIpc) is 2.59. The van der Waals surface area contributed by atoms with Gasteiger partial charge in [0.25, 0.3) is 0 Å². The van der Waals surface area contributed by atoms with E-state index in [9.17, 15) is 5.26 Å². The summed E-state index contributed by atoms with van der Waals surface area (Å²) in [6.07, 6.45) is 1.96. The maximum absolute atomic E-state index is 9.42. The first kappa shape index (κ1) is 18.9. The van der Waals surface area contributed by atoms with Crippen LogP contribution in [0.1, 0.15) is 35.2 Å². The Kier molecular flexibility index (Phi) is 5.98. The third-order valence-corrected chi connectivity index (χ3v) is 5.26. The van der Waals surface area contributed by atoms with Gasteiger partial charge in [0.05, 0.1) is 5.69 Å². The fourth-order valence-corrected chi connectivity index (χ4v) is 3.81. The second kappa shape index (κ2) is 8.22. The molecular weight excluding hydrogens is 369 g/mol. The summed E-state index contributed by atoms with van der Waals surface area (Å²) in [6.45, 7) is 6.53. The van der Waals surface area contributed by atoms with Gasteiger partial charge in [0.15, 0.2) is 5.82 Å². The molecule has 1 saturated heterocycles. The third-order valence-electron chi connectivity index (χ3n) is 4.82. The highest BCUT2D eigenvalue weighted by atomic mass is 35.5. The van der Waals surface area contributed by atoms with Crippen LogP contribution in [0.5, 0.6) is 0 Å². The van der Waals surface area contributed by atoms with Crippen LogP contribution in [-0.4, -0.2) is 34.2 Å². The number of aromatic nitrogens is 2. The van der Waals surface area contributed by atoms with Gasteiger partial charge in [0, 0.05) is 35.7 Å². The Balaban J connectivity index is 1.59. The van der Waals surface area contributed by atoms with Crippen LogP contribution in [0.2, 0.25) is 10.0 Å². The summed E-state index contributed by atoms with van der Waals surface area (Å²) in [6, 6.07) is 8.21. The fraction of sp³-hybridized carbons (Fsp3) is 0.421. The number of nitrogens with zero attached hydrogens (tertiary/aromatic N) is 4. The second-order valence-corrected chi connectivity index (χ2v) is 7.59. The Morgan fingerprint density at radius 3 is 2.42 bits per heavy atom. The highest BCUT2D eigenvalue weighted by Crippen LogP contribution is 2.24. The van der Waals surface area contributed by atoms with Crippen molar-refractivity contribution in [1.29, 1.82) is 5.26 Å². The summed E-state index contributed by atoms with van der Waals surface area (Å²) < 4.78 is 0. The molecule has 0 atom stereocenters. The zero-order chi connectivity index (χ0) is 18.7. The van der Waals surface area contributed by atoms with Gasteiger partial charge in [-0.3, -0.25) is 4.90 Å². The van der Waals surface area contributed by atoms with Crippen LogP contribution in [0.3, 0.4) is 0 Å². The Morgan fingerprint density at radius 2 is 1.81 bits per heavy atom. The Labute approximate surface area is 163 Å². The zero-order valence-electron chi connectivity index (χ0n) is 14.9. The molecule has 1 aromatic heterocycles. The number of halogens is 2. The molecule has 1 aliphatic heterocycles. The van der Waals surface area contributed by atoms with E-state index in [1.165, 1.54) is 0 Å². The maximum Gasteiger partial charge on any atom is 0.167 e. The summed E-state index contributed by atoms with van der Waals surface area (Å²) in [5.41, 5.74) is 3.40. The molecule has 2 heterocycles. The molecule has 1 aromatic carbocycles. The SMILES string of the molecule is Cc1nnc(NC2CCN(Cc3cc(Cl)cc(Cl)c3)CC2)c(C#N)c1C. The Hall–Kier alpha value is -1.87. The van der Waals surface area contributed by atoms with Gasteiger partial charge in [0.1, 0.15) is 11.6 Å². The van der Waals surface area contributed by atoms with Crippen LogP contribution in [0.15, 0.2) is 18.2 Å². The van der Waals surface area contributed by atoms with E-state index < -0.39 is 0 Å². The van der Waals surface area contributed by atoms with E-state index in [1.54, 1.807) is 6.07 Å². The van der Waals surface area contributed by atoms with Crippen molar-refractivity contribution in [2.24, 2.45) is 0 Å². The van der Waals surface area contributed by atoms with Gasteiger partial charge in [0.2, 0.25) is 0 Å². The van der Waals surface area contributed by atoms with Crippen molar-refractivity contribution in [3.63, 3.8) is 0 Å². The van der Waals surface area contributed by atoms with E-state index in [2.05, 4.69) is 26.5 Å². The van der Waals surface area contributed by atoms with Gasteiger partial charge in [-0.25, -0.2) is 0 Å². The lowest BCUT2D eigenvalue weighted by Gasteiger charge is -2.32. The predicted molar refractivity (Wildman–Crippen MR) is 105 cm³/mol. The highest BCUT2D eigenvalue weighted by molar-refractivity contribution is 6.34. The number of nitrogens with one attached hydrogen (secondary N) is 1. The van der Waals surface area contributed by atoms with Gasteiger partial charge < -0.3 is 5.32 Å². The molecule has 0 saturated carbocycles. The molecular formula is C19H21Cl2N5. The standard InChI is InChI=1S/C19H21Cl2N5/c1-12-13(2)24-25-19(18(12)10-22)23-17-3-5-26(6-4-17)11-14-7-15(20)9-16(21)8-14/h7-9,17H,3-6,11H2,1-2H3,(H,23,25). The number of anilines is 1. The highest BCUT2D eigenvalue weighted by Gasteiger charge is 2.21. The van der Waals surface area contributed by atoms with Crippen molar-refractivity contribution in [2.45, 2.75) is 39.3 Å². The largest absolute Gasteiger partial charge is 0.365 e. The molecule has 5 nitrogen and oxygen atoms in total. The number of likely N-dealkylation sites (tertiary alicyclic amines) is 1. The molecule has 0 amide bonds. The molecule has 136 valence electrons. The van der Waals surface area contributed by atoms with Crippen LogP contribution in [0, 0.1) is 25.2 Å². The lowest BCUT2D eigenvalue weighted by atomic mass is 10.0. The fourth-order valence-electron chi connectivity index (χ4n) is 3.24. The molecule has 3 rings (SSSR count). The van der Waals surface area contributed by atoms with Gasteiger partial charge in [-0.05, 0) is 56.0 Å². The lowest BCUT2D eigenvalue weighted by Crippen LogP contribution is -2.39. The monoisotopic (exact) mass is 389 g/mol. The van der Waals surface area contributed by atoms with Gasteiger partial charge in [-0.2, -0.15) is 10.4 Å². The van der Waals surface area contributed by atoms with Crippen molar-refractivity contribution in [2.75, 3.05) is 18.4 Å². The Bertz CT molecular complexity index is 818. The van der Waals surface area contributed by atoms with E-state index in [1.807, 2.05) is 26.0 Å². The van der Waals surface area contributed by atoms with E-state index >= 15 is 0 Å². The van der Waals surface area contributed by atoms with Crippen LogP contribution in [-0.2, 0) is 6.54 Å². The van der Waals surface area contributed by atoms with Gasteiger partial charge in [-0.15, -0.1) is 5.10 Å². The first-order valence-electron chi connectivity index (χ1n) is 8.64. The van der Waals surface area contributed by atoms with E-state index in [0.29, 0.717) is 21.4 Å². The van der Waals surface area contributed by atoms with Crippen molar-refractivity contribution in [3.05, 3.63) is 50.6 Å². The van der Waals surface area contributed by atoms with Crippen LogP contribution in [0.25, 0.3) is 0 Å². The van der Waals surface area contributed by atoms with Crippen molar-refractivity contribution in [3.8, 4) is 6.07 Å². The Morgan fingerprint density at radius 1 is 1.15 bits per heavy atom. The topological polar surface area (TPSA) is 64.8 Å². The first-order chi connectivity index (χ1) is 12.5. The predicted octanol–water partition coefficient (Wildman–Crippen LogP) is 4.35. The quantitative estimate of drug-likeness (QED) is 0.841. The van der Waals surface area contributed by atoms with Crippen LogP contribution < -0.4 is 5.32 Å². The third kappa shape index (κ3) is 4.45. The molecule has 2 aromatic rings. The molecule has 26 heavy (non-hydrogen) atoms. The summed E-state index contributed by atoms with van der Waals surface area (Å²) in [5, 5.41) is 22.5. The average molecular weight is 390 g/mol. The lowest BCUT2D eigenvalue weighted by molar-refractivity contribution is 0.211. The molecule has 7 heteroatoms. The second-order valence-electron chi connectivity index (χ2n) is 6.72. The number of piperidine rings is 1. The minimum absolute atomic E-state index is 0.290. The van der Waals surface area contributed by atoms with Crippen LogP contribution >= 0.6 is 23.2 Å². The molecule has 0 unspecified atom stereocenters. The molecule has 0 radical (unpaired) electrons. The molecule has 0 aliphatic carbocycles.